The van der Waals surface area contributed by atoms with Gasteiger partial charge in [-0.2, -0.15) is 0 Å². The van der Waals surface area contributed by atoms with Crippen LogP contribution in [0, 0.1) is 5.82 Å². The fraction of sp³-hybridized carbons (Fsp3) is 0.161. The number of nitrogens with one attached hydrogen (secondary N) is 2. The highest BCUT2D eigenvalue weighted by molar-refractivity contribution is 6.12. The van der Waals surface area contributed by atoms with Gasteiger partial charge in [-0.1, -0.05) is 42.5 Å². The largest absolute Gasteiger partial charge is 0.444 e. The van der Waals surface area contributed by atoms with Gasteiger partial charge in [0.05, 0.1) is 17.8 Å². The summed E-state index contributed by atoms with van der Waals surface area (Å²) in [6.07, 6.45) is 2.17. The highest BCUT2D eigenvalue weighted by Gasteiger charge is 2.20. The average Bonchev–Trinajstić information content (AvgIpc) is 2.89. The van der Waals surface area contributed by atoms with E-state index in [0.717, 1.165) is 11.1 Å². The van der Waals surface area contributed by atoms with Crippen LogP contribution in [-0.2, 0) is 9.53 Å². The lowest BCUT2D eigenvalue weighted by Crippen LogP contribution is -2.27. The highest BCUT2D eigenvalue weighted by atomic mass is 19.1. The van der Waals surface area contributed by atoms with Gasteiger partial charge in [-0.3, -0.25) is 19.9 Å². The van der Waals surface area contributed by atoms with Crippen molar-refractivity contribution in [3.63, 3.8) is 0 Å². The van der Waals surface area contributed by atoms with Gasteiger partial charge >= 0.3 is 6.09 Å². The van der Waals surface area contributed by atoms with Gasteiger partial charge in [0.15, 0.2) is 5.78 Å². The van der Waals surface area contributed by atoms with Crippen LogP contribution in [0.3, 0.4) is 0 Å². The molecule has 0 aliphatic heterocycles. The van der Waals surface area contributed by atoms with E-state index in [0.29, 0.717) is 16.7 Å². The number of nitrogens with zero attached hydrogens (tertiary/aromatic N) is 1. The molecule has 0 saturated heterocycles. The number of ketones is 1. The maximum Gasteiger partial charge on any atom is 0.412 e. The number of pyridine rings is 1. The van der Waals surface area contributed by atoms with Gasteiger partial charge in [0.2, 0.25) is 5.91 Å². The molecule has 0 unspecified atom stereocenters. The maximum atomic E-state index is 14.5. The Balaban J connectivity index is 1.56. The van der Waals surface area contributed by atoms with Gasteiger partial charge in [0.25, 0.3) is 0 Å². The lowest BCUT2D eigenvalue weighted by atomic mass is 10.0. The maximum absolute atomic E-state index is 14.5. The summed E-state index contributed by atoms with van der Waals surface area (Å²) < 4.78 is 19.8. The Morgan fingerprint density at radius 3 is 2.26 bits per heavy atom. The second-order valence-corrected chi connectivity index (χ2v) is 9.83. The topological polar surface area (TPSA) is 97.4 Å². The summed E-state index contributed by atoms with van der Waals surface area (Å²) in [6, 6.07) is 21.6. The molecule has 0 aliphatic carbocycles. The van der Waals surface area contributed by atoms with E-state index in [9.17, 15) is 18.8 Å². The minimum absolute atomic E-state index is 0.199. The van der Waals surface area contributed by atoms with E-state index in [2.05, 4.69) is 15.6 Å². The molecular weight excluding hydrogens is 497 g/mol. The molecule has 0 saturated carbocycles. The van der Waals surface area contributed by atoms with Crippen molar-refractivity contribution in [2.24, 2.45) is 0 Å². The summed E-state index contributed by atoms with van der Waals surface area (Å²) in [5.41, 5.74) is 2.60. The van der Waals surface area contributed by atoms with Gasteiger partial charge in [-0.05, 0) is 73.9 Å². The van der Waals surface area contributed by atoms with Crippen LogP contribution >= 0.6 is 0 Å². The van der Waals surface area contributed by atoms with Crippen molar-refractivity contribution in [3.8, 4) is 22.3 Å². The number of halogens is 1. The van der Waals surface area contributed by atoms with Crippen molar-refractivity contribution in [1.82, 2.24) is 4.98 Å². The standard InChI is InChI=1S/C31H28FN3O4/c1-31(2,3)39-30(38)35-26-12-11-22(24-9-4-5-10-25(24)32)18-27(26)34-29(37)19-28(36)23-8-6-7-21(17-23)20-13-15-33-16-14-20/h4-18H,19H2,1-3H3,(H,34,37)(H,35,38). The SMILES string of the molecule is CC(C)(C)OC(=O)Nc1ccc(-c2ccccc2F)cc1NC(=O)CC(=O)c1cccc(-c2ccncc2)c1. The number of carbonyl (C=O) groups is 3. The summed E-state index contributed by atoms with van der Waals surface area (Å²) in [7, 11) is 0. The van der Waals surface area contributed by atoms with E-state index in [1.807, 2.05) is 18.2 Å². The minimum Gasteiger partial charge on any atom is -0.444 e. The highest BCUT2D eigenvalue weighted by Crippen LogP contribution is 2.31. The molecule has 4 aromatic rings. The first kappa shape index (κ1) is 27.2. The predicted octanol–water partition coefficient (Wildman–Crippen LogP) is 7.11. The number of hydrogen-bond acceptors (Lipinski definition) is 5. The third-order valence-corrected chi connectivity index (χ3v) is 5.63. The normalized spacial score (nSPS) is 11.0. The van der Waals surface area contributed by atoms with Crippen LogP contribution in [0.5, 0.6) is 0 Å². The zero-order valence-corrected chi connectivity index (χ0v) is 21.8. The molecule has 0 aliphatic rings. The molecule has 8 heteroatoms. The first-order valence-electron chi connectivity index (χ1n) is 12.3. The average molecular weight is 526 g/mol. The van der Waals surface area contributed by atoms with E-state index in [1.54, 1.807) is 81.7 Å². The van der Waals surface area contributed by atoms with Crippen molar-refractivity contribution in [2.45, 2.75) is 32.8 Å². The number of carbonyl (C=O) groups excluding carboxylic acids is 3. The molecule has 0 radical (unpaired) electrons. The number of aromatic nitrogens is 1. The lowest BCUT2D eigenvalue weighted by Gasteiger charge is -2.21. The van der Waals surface area contributed by atoms with E-state index >= 15 is 0 Å². The Bertz CT molecular complexity index is 1510. The molecule has 1 heterocycles. The second kappa shape index (κ2) is 11.7. The van der Waals surface area contributed by atoms with Crippen LogP contribution in [0.4, 0.5) is 20.6 Å². The van der Waals surface area contributed by atoms with E-state index in [1.165, 1.54) is 12.1 Å². The summed E-state index contributed by atoms with van der Waals surface area (Å²) in [5.74, 6) is -1.41. The van der Waals surface area contributed by atoms with Crippen LogP contribution < -0.4 is 10.6 Å². The fourth-order valence-electron chi connectivity index (χ4n) is 3.89. The van der Waals surface area contributed by atoms with Gasteiger partial charge in [-0.15, -0.1) is 0 Å². The third kappa shape index (κ3) is 7.35. The molecule has 2 amide bonds. The molecule has 7 nitrogen and oxygen atoms in total. The smallest absolute Gasteiger partial charge is 0.412 e. The van der Waals surface area contributed by atoms with Crippen LogP contribution in [-0.4, -0.2) is 28.4 Å². The van der Waals surface area contributed by atoms with Gasteiger partial charge in [-0.25, -0.2) is 9.18 Å². The molecule has 0 spiro atoms. The predicted molar refractivity (Wildman–Crippen MR) is 149 cm³/mol. The summed E-state index contributed by atoms with van der Waals surface area (Å²) in [6.45, 7) is 5.18. The number of Topliss-reactive ketones (excluding diaryl/α,β-unsaturated/α-hetero) is 1. The second-order valence-electron chi connectivity index (χ2n) is 9.83. The fourth-order valence-corrected chi connectivity index (χ4v) is 3.89. The van der Waals surface area contributed by atoms with Crippen LogP contribution in [0.2, 0.25) is 0 Å². The van der Waals surface area contributed by atoms with Gasteiger partial charge < -0.3 is 10.1 Å². The molecule has 4 rings (SSSR count). The minimum atomic E-state index is -0.738. The Kier molecular flexibility index (Phi) is 8.15. The number of hydrogen-bond donors (Lipinski definition) is 2. The number of anilines is 2. The van der Waals surface area contributed by atoms with Crippen molar-refractivity contribution in [3.05, 3.63) is 103 Å². The zero-order valence-electron chi connectivity index (χ0n) is 21.8. The number of rotatable bonds is 7. The lowest BCUT2D eigenvalue weighted by molar-refractivity contribution is -0.115. The van der Waals surface area contributed by atoms with E-state index in [4.69, 9.17) is 4.74 Å². The molecule has 39 heavy (non-hydrogen) atoms. The first-order chi connectivity index (χ1) is 18.6. The van der Waals surface area contributed by atoms with Crippen LogP contribution in [0.1, 0.15) is 37.6 Å². The Morgan fingerprint density at radius 2 is 1.54 bits per heavy atom. The quantitative estimate of drug-likeness (QED) is 0.198. The third-order valence-electron chi connectivity index (χ3n) is 5.63. The number of amides is 2. The monoisotopic (exact) mass is 525 g/mol. The zero-order chi connectivity index (χ0) is 28.0. The number of benzene rings is 3. The molecule has 0 bridgehead atoms. The first-order valence-corrected chi connectivity index (χ1v) is 12.3. The van der Waals surface area contributed by atoms with Gasteiger partial charge in [0, 0.05) is 23.5 Å². The molecule has 1 aromatic heterocycles. The molecular formula is C31H28FN3O4. The van der Waals surface area contributed by atoms with Crippen LogP contribution in [0.15, 0.2) is 91.3 Å². The Labute approximate surface area is 226 Å². The van der Waals surface area contributed by atoms with E-state index in [-0.39, 0.29) is 17.2 Å². The van der Waals surface area contributed by atoms with Gasteiger partial charge in [0.1, 0.15) is 11.4 Å². The molecule has 3 aromatic carbocycles. The Morgan fingerprint density at radius 1 is 0.795 bits per heavy atom. The molecule has 2 N–H and O–H groups in total. The number of ether oxygens (including phenoxy) is 1. The molecule has 198 valence electrons. The summed E-state index contributed by atoms with van der Waals surface area (Å²) >= 11 is 0. The van der Waals surface area contributed by atoms with Crippen molar-refractivity contribution >= 4 is 29.2 Å². The summed E-state index contributed by atoms with van der Waals surface area (Å²) in [5, 5.41) is 5.31. The molecule has 0 atom stereocenters. The van der Waals surface area contributed by atoms with E-state index < -0.39 is 29.8 Å². The summed E-state index contributed by atoms with van der Waals surface area (Å²) in [4.78, 5) is 42.4. The Hall–Kier alpha value is -4.85. The van der Waals surface area contributed by atoms with Crippen molar-refractivity contribution in [1.29, 1.82) is 0 Å². The van der Waals surface area contributed by atoms with Crippen LogP contribution in [0.25, 0.3) is 22.3 Å². The van der Waals surface area contributed by atoms with Crippen molar-refractivity contribution < 1.29 is 23.5 Å². The van der Waals surface area contributed by atoms with Crippen molar-refractivity contribution in [2.75, 3.05) is 10.6 Å². The molecule has 0 fully saturated rings.